The molecule has 0 N–H and O–H groups in total. The molecule has 0 unspecified atom stereocenters. The molecule has 17 heavy (non-hydrogen) atoms. The third-order valence-electron chi connectivity index (χ3n) is 2.73. The van der Waals surface area contributed by atoms with Gasteiger partial charge in [-0.05, 0) is 47.8 Å². The maximum Gasteiger partial charge on any atom is 0.252 e. The molecule has 0 amide bonds. The predicted molar refractivity (Wildman–Crippen MR) is 73.9 cm³/mol. The molecule has 94 valence electrons. The Morgan fingerprint density at radius 1 is 1.41 bits per heavy atom. The Bertz CT molecular complexity index is 541. The maximum atomic E-state index is 12.4. The van der Waals surface area contributed by atoms with Gasteiger partial charge in [-0.25, -0.2) is 8.42 Å². The topological polar surface area (TPSA) is 37.4 Å². The Morgan fingerprint density at radius 3 is 2.65 bits per heavy atom. The van der Waals surface area contributed by atoms with Crippen LogP contribution in [-0.4, -0.2) is 25.8 Å². The monoisotopic (exact) mass is 335 g/mol. The first-order chi connectivity index (χ1) is 7.91. The van der Waals surface area contributed by atoms with Gasteiger partial charge in [0.2, 0.25) is 0 Å². The molecule has 1 aromatic heterocycles. The van der Waals surface area contributed by atoms with E-state index in [-0.39, 0.29) is 0 Å². The van der Waals surface area contributed by atoms with E-state index in [0.717, 1.165) is 21.3 Å². The zero-order chi connectivity index (χ0) is 12.6. The molecule has 0 fully saturated rings. The molecule has 0 bridgehead atoms. The molecule has 0 saturated carbocycles. The second-order valence-corrected chi connectivity index (χ2v) is 8.73. The fourth-order valence-corrected chi connectivity index (χ4v) is 5.65. The Kier molecular flexibility index (Phi) is 3.77. The predicted octanol–water partition coefficient (Wildman–Crippen LogP) is 3.16. The highest BCUT2D eigenvalue weighted by molar-refractivity contribution is 9.11. The number of nitrogens with zero attached hydrogens (tertiary/aromatic N) is 1. The molecular formula is C11H14BrNO2S2. The van der Waals surface area contributed by atoms with E-state index in [1.807, 2.05) is 13.8 Å². The summed E-state index contributed by atoms with van der Waals surface area (Å²) in [5.41, 5.74) is 2.09. The number of rotatable bonds is 2. The minimum atomic E-state index is -3.32. The number of hydrogen-bond acceptors (Lipinski definition) is 3. The normalized spacial score (nSPS) is 18.2. The van der Waals surface area contributed by atoms with Gasteiger partial charge in [-0.1, -0.05) is 11.6 Å². The third-order valence-corrected chi connectivity index (χ3v) is 7.16. The van der Waals surface area contributed by atoms with Gasteiger partial charge in [-0.3, -0.25) is 0 Å². The summed E-state index contributed by atoms with van der Waals surface area (Å²) < 4.78 is 27.6. The zero-order valence-electron chi connectivity index (χ0n) is 9.73. The van der Waals surface area contributed by atoms with Gasteiger partial charge in [0.1, 0.15) is 4.21 Å². The Balaban J connectivity index is 2.34. The molecule has 2 heterocycles. The Labute approximate surface area is 114 Å². The summed E-state index contributed by atoms with van der Waals surface area (Å²) in [7, 11) is -3.32. The van der Waals surface area contributed by atoms with Crippen molar-refractivity contribution in [3.8, 4) is 0 Å². The van der Waals surface area contributed by atoms with E-state index >= 15 is 0 Å². The van der Waals surface area contributed by atoms with Crippen LogP contribution in [0.25, 0.3) is 0 Å². The van der Waals surface area contributed by atoms with E-state index in [1.54, 1.807) is 10.4 Å². The van der Waals surface area contributed by atoms with Gasteiger partial charge in [0.15, 0.2) is 0 Å². The van der Waals surface area contributed by atoms with Crippen molar-refractivity contribution in [2.45, 2.75) is 24.5 Å². The molecule has 2 rings (SSSR count). The first-order valence-corrected chi connectivity index (χ1v) is 8.38. The number of sulfonamides is 1. The SMILES string of the molecule is CC1=CCCN(S(=O)(=O)c2cc(C)c(Br)s2)C1. The van der Waals surface area contributed by atoms with Crippen molar-refractivity contribution in [1.82, 2.24) is 4.31 Å². The van der Waals surface area contributed by atoms with Gasteiger partial charge < -0.3 is 0 Å². The van der Waals surface area contributed by atoms with Crippen LogP contribution in [0.15, 0.2) is 25.7 Å². The number of thiophene rings is 1. The quantitative estimate of drug-likeness (QED) is 0.778. The van der Waals surface area contributed by atoms with E-state index in [9.17, 15) is 8.42 Å². The Hall–Kier alpha value is -0.170. The van der Waals surface area contributed by atoms with E-state index in [4.69, 9.17) is 0 Å². The van der Waals surface area contributed by atoms with Crippen molar-refractivity contribution in [3.63, 3.8) is 0 Å². The van der Waals surface area contributed by atoms with Crippen LogP contribution in [0, 0.1) is 6.92 Å². The lowest BCUT2D eigenvalue weighted by atomic mass is 10.2. The Morgan fingerprint density at radius 2 is 2.12 bits per heavy atom. The first-order valence-electron chi connectivity index (χ1n) is 5.33. The molecule has 0 aliphatic carbocycles. The average molecular weight is 336 g/mol. The van der Waals surface area contributed by atoms with Gasteiger partial charge >= 0.3 is 0 Å². The van der Waals surface area contributed by atoms with Crippen LogP contribution in [-0.2, 0) is 10.0 Å². The largest absolute Gasteiger partial charge is 0.252 e. The van der Waals surface area contributed by atoms with Crippen molar-refractivity contribution in [2.24, 2.45) is 0 Å². The van der Waals surface area contributed by atoms with E-state index in [0.29, 0.717) is 17.3 Å². The highest BCUT2D eigenvalue weighted by Gasteiger charge is 2.27. The molecule has 0 atom stereocenters. The van der Waals surface area contributed by atoms with Crippen LogP contribution in [0.4, 0.5) is 0 Å². The van der Waals surface area contributed by atoms with Crippen LogP contribution in [0.2, 0.25) is 0 Å². The summed E-state index contributed by atoms with van der Waals surface area (Å²) >= 11 is 4.65. The highest BCUT2D eigenvalue weighted by atomic mass is 79.9. The van der Waals surface area contributed by atoms with Crippen LogP contribution in [0.5, 0.6) is 0 Å². The summed E-state index contributed by atoms with van der Waals surface area (Å²) in [6.07, 6.45) is 2.90. The lowest BCUT2D eigenvalue weighted by Crippen LogP contribution is -2.34. The summed E-state index contributed by atoms with van der Waals surface area (Å²) in [6, 6.07) is 1.73. The zero-order valence-corrected chi connectivity index (χ0v) is 13.0. The van der Waals surface area contributed by atoms with Crippen LogP contribution < -0.4 is 0 Å². The summed E-state index contributed by atoms with van der Waals surface area (Å²) in [5, 5.41) is 0. The van der Waals surface area contributed by atoms with Gasteiger partial charge in [0, 0.05) is 13.1 Å². The molecule has 1 aliphatic heterocycles. The molecule has 0 radical (unpaired) electrons. The molecule has 3 nitrogen and oxygen atoms in total. The van der Waals surface area contributed by atoms with E-state index in [1.165, 1.54) is 11.3 Å². The third kappa shape index (κ3) is 2.65. The van der Waals surface area contributed by atoms with Crippen molar-refractivity contribution in [1.29, 1.82) is 0 Å². The van der Waals surface area contributed by atoms with Gasteiger partial charge in [-0.15, -0.1) is 11.3 Å². The summed E-state index contributed by atoms with van der Waals surface area (Å²) in [5.74, 6) is 0. The van der Waals surface area contributed by atoms with Gasteiger partial charge in [-0.2, -0.15) is 4.31 Å². The second-order valence-electron chi connectivity index (χ2n) is 4.20. The standard InChI is InChI=1S/C11H14BrNO2S2/c1-8-4-3-5-13(7-8)17(14,15)10-6-9(2)11(12)16-10/h4,6H,3,5,7H2,1-2H3. The van der Waals surface area contributed by atoms with Crippen molar-refractivity contribution >= 4 is 37.3 Å². The molecular weight excluding hydrogens is 322 g/mol. The molecule has 0 aromatic carbocycles. The minimum Gasteiger partial charge on any atom is -0.206 e. The lowest BCUT2D eigenvalue weighted by molar-refractivity contribution is 0.429. The molecule has 1 aromatic rings. The number of aryl methyl sites for hydroxylation is 1. The summed E-state index contributed by atoms with van der Waals surface area (Å²) in [6.45, 7) is 4.96. The van der Waals surface area contributed by atoms with Crippen LogP contribution in [0.1, 0.15) is 18.9 Å². The van der Waals surface area contributed by atoms with E-state index in [2.05, 4.69) is 22.0 Å². The van der Waals surface area contributed by atoms with Crippen molar-refractivity contribution < 1.29 is 8.42 Å². The fraction of sp³-hybridized carbons (Fsp3) is 0.455. The second kappa shape index (κ2) is 4.84. The minimum absolute atomic E-state index is 0.427. The van der Waals surface area contributed by atoms with Gasteiger partial charge in [0.25, 0.3) is 10.0 Å². The van der Waals surface area contributed by atoms with E-state index < -0.39 is 10.0 Å². The molecule has 1 aliphatic rings. The van der Waals surface area contributed by atoms with Crippen LogP contribution in [0.3, 0.4) is 0 Å². The fourth-order valence-electron chi connectivity index (χ4n) is 1.77. The molecule has 0 saturated heterocycles. The lowest BCUT2D eigenvalue weighted by Gasteiger charge is -2.24. The van der Waals surface area contributed by atoms with Crippen LogP contribution >= 0.6 is 27.3 Å². The number of hydrogen-bond donors (Lipinski definition) is 0. The van der Waals surface area contributed by atoms with Crippen molar-refractivity contribution in [3.05, 3.63) is 27.1 Å². The smallest absolute Gasteiger partial charge is 0.206 e. The maximum absolute atomic E-state index is 12.4. The average Bonchev–Trinajstić information content (AvgIpc) is 2.60. The number of halogens is 1. The first kappa shape index (κ1) is 13.3. The molecule has 6 heteroatoms. The van der Waals surface area contributed by atoms with Crippen molar-refractivity contribution in [2.75, 3.05) is 13.1 Å². The summed E-state index contributed by atoms with van der Waals surface area (Å²) in [4.78, 5) is 0. The van der Waals surface area contributed by atoms with Gasteiger partial charge in [0.05, 0.1) is 3.79 Å². The molecule has 0 spiro atoms. The highest BCUT2D eigenvalue weighted by Crippen LogP contribution is 2.33.